The third-order valence-corrected chi connectivity index (χ3v) is 6.06. The summed E-state index contributed by atoms with van der Waals surface area (Å²) in [7, 11) is 0. The first kappa shape index (κ1) is 18.4. The molecular weight excluding hydrogens is 288 g/mol. The van der Waals surface area contributed by atoms with Crippen LogP contribution in [-0.2, 0) is 4.79 Å². The van der Waals surface area contributed by atoms with Gasteiger partial charge in [0.1, 0.15) is 6.10 Å². The molecule has 2 rings (SSSR count). The van der Waals surface area contributed by atoms with Gasteiger partial charge < -0.3 is 10.2 Å². The monoisotopic (exact) mass is 320 g/mol. The predicted octanol–water partition coefficient (Wildman–Crippen LogP) is 3.65. The van der Waals surface area contributed by atoms with Gasteiger partial charge in [0.25, 0.3) is 0 Å². The highest BCUT2D eigenvalue weighted by Gasteiger charge is 2.55. The molecular formula is C20H32O3. The number of aliphatic hydroxyl groups is 2. The van der Waals surface area contributed by atoms with E-state index in [0.717, 1.165) is 18.4 Å². The van der Waals surface area contributed by atoms with Gasteiger partial charge >= 0.3 is 0 Å². The summed E-state index contributed by atoms with van der Waals surface area (Å²) in [5, 5.41) is 20.5. The van der Waals surface area contributed by atoms with Gasteiger partial charge in [0.2, 0.25) is 0 Å². The molecule has 0 bridgehead atoms. The number of carbonyl (C=O) groups is 1. The number of ketones is 1. The van der Waals surface area contributed by atoms with E-state index in [1.54, 1.807) is 0 Å². The van der Waals surface area contributed by atoms with Crippen molar-refractivity contribution in [1.82, 2.24) is 0 Å². The number of hydrogen-bond donors (Lipinski definition) is 2. The van der Waals surface area contributed by atoms with Crippen molar-refractivity contribution < 1.29 is 15.0 Å². The van der Waals surface area contributed by atoms with Gasteiger partial charge in [-0.3, -0.25) is 4.79 Å². The molecule has 3 nitrogen and oxygen atoms in total. The highest BCUT2D eigenvalue weighted by Crippen LogP contribution is 2.61. The molecule has 0 aromatic rings. The third kappa shape index (κ3) is 4.13. The van der Waals surface area contributed by atoms with Crippen molar-refractivity contribution in [3.63, 3.8) is 0 Å². The van der Waals surface area contributed by atoms with Crippen LogP contribution < -0.4 is 0 Å². The number of carbonyl (C=O) groups excluding carboxylic acids is 1. The lowest BCUT2D eigenvalue weighted by Gasteiger charge is -2.19. The van der Waals surface area contributed by atoms with Gasteiger partial charge in [-0.15, -0.1) is 0 Å². The molecule has 5 unspecified atom stereocenters. The SMILES string of the molecule is C/C1=C/CC(O)C(C)CC(=O)C(O)/C(C)=C\C2C(CC1)C2(C)C. The molecule has 2 aliphatic carbocycles. The molecule has 0 radical (unpaired) electrons. The van der Waals surface area contributed by atoms with Crippen LogP contribution in [0.15, 0.2) is 23.3 Å². The van der Waals surface area contributed by atoms with E-state index >= 15 is 0 Å². The second-order valence-corrected chi connectivity index (χ2v) is 8.31. The summed E-state index contributed by atoms with van der Waals surface area (Å²) in [5.74, 6) is 0.735. The molecule has 0 amide bonds. The van der Waals surface area contributed by atoms with E-state index in [4.69, 9.17) is 0 Å². The predicted molar refractivity (Wildman–Crippen MR) is 92.9 cm³/mol. The fraction of sp³-hybridized carbons (Fsp3) is 0.750. The molecule has 2 aliphatic rings. The van der Waals surface area contributed by atoms with Crippen molar-refractivity contribution in [3.8, 4) is 0 Å². The summed E-state index contributed by atoms with van der Waals surface area (Å²) < 4.78 is 0. The number of aliphatic hydroxyl groups excluding tert-OH is 2. The molecule has 0 saturated heterocycles. The first-order valence-electron chi connectivity index (χ1n) is 8.87. The molecule has 0 aromatic heterocycles. The van der Waals surface area contributed by atoms with Gasteiger partial charge in [0.15, 0.2) is 5.78 Å². The Labute approximate surface area is 140 Å². The minimum atomic E-state index is -1.03. The topological polar surface area (TPSA) is 57.5 Å². The van der Waals surface area contributed by atoms with Crippen molar-refractivity contribution in [2.75, 3.05) is 0 Å². The number of allylic oxidation sites excluding steroid dienone is 2. The Morgan fingerprint density at radius 2 is 1.87 bits per heavy atom. The van der Waals surface area contributed by atoms with Crippen molar-refractivity contribution in [2.24, 2.45) is 23.2 Å². The van der Waals surface area contributed by atoms with E-state index in [-0.39, 0.29) is 23.5 Å². The lowest BCUT2D eigenvalue weighted by molar-refractivity contribution is -0.127. The summed E-state index contributed by atoms with van der Waals surface area (Å²) >= 11 is 0. The van der Waals surface area contributed by atoms with Crippen LogP contribution in [0, 0.1) is 23.2 Å². The summed E-state index contributed by atoms with van der Waals surface area (Å²) in [6, 6.07) is 0. The highest BCUT2D eigenvalue weighted by molar-refractivity contribution is 5.85. The minimum absolute atomic E-state index is 0.137. The van der Waals surface area contributed by atoms with Crippen LogP contribution in [0.1, 0.15) is 60.3 Å². The molecule has 2 N–H and O–H groups in total. The van der Waals surface area contributed by atoms with Gasteiger partial charge in [-0.2, -0.15) is 0 Å². The molecule has 1 saturated carbocycles. The molecule has 0 aliphatic heterocycles. The van der Waals surface area contributed by atoms with Crippen LogP contribution in [0.3, 0.4) is 0 Å². The molecule has 3 heteroatoms. The summed E-state index contributed by atoms with van der Waals surface area (Å²) in [6.45, 7) is 10.4. The average Bonchev–Trinajstić information content (AvgIpc) is 3.00. The first-order chi connectivity index (χ1) is 10.6. The van der Waals surface area contributed by atoms with Crippen LogP contribution in [-0.4, -0.2) is 28.2 Å². The van der Waals surface area contributed by atoms with E-state index in [1.165, 1.54) is 5.57 Å². The Bertz CT molecular complexity index is 515. The van der Waals surface area contributed by atoms with Crippen LogP contribution in [0.25, 0.3) is 0 Å². The maximum Gasteiger partial charge on any atom is 0.165 e. The smallest absolute Gasteiger partial charge is 0.165 e. The Morgan fingerprint density at radius 1 is 1.22 bits per heavy atom. The standard InChI is InChI=1S/C20H32O3/c1-12-6-8-15-16(20(15,4)5)10-14(3)19(23)18(22)11-13(2)17(21)9-7-12/h7,10,13,15-17,19,21,23H,6,8-9,11H2,1-5H3/b12-7-,14-10-. The van der Waals surface area contributed by atoms with Crippen LogP contribution >= 0.6 is 0 Å². The van der Waals surface area contributed by atoms with Gasteiger partial charge in [0, 0.05) is 6.42 Å². The van der Waals surface area contributed by atoms with Crippen LogP contribution in [0.5, 0.6) is 0 Å². The highest BCUT2D eigenvalue weighted by atomic mass is 16.3. The van der Waals surface area contributed by atoms with Crippen molar-refractivity contribution >= 4 is 5.78 Å². The largest absolute Gasteiger partial charge is 0.393 e. The second kappa shape index (κ2) is 6.90. The normalized spacial score (nSPS) is 43.4. The number of hydrogen-bond acceptors (Lipinski definition) is 3. The second-order valence-electron chi connectivity index (χ2n) is 8.31. The zero-order chi connectivity index (χ0) is 17.4. The van der Waals surface area contributed by atoms with Gasteiger partial charge in [-0.1, -0.05) is 38.5 Å². The quantitative estimate of drug-likeness (QED) is 0.670. The molecule has 1 fully saturated rings. The van der Waals surface area contributed by atoms with E-state index in [1.807, 2.05) is 13.8 Å². The van der Waals surface area contributed by atoms with Gasteiger partial charge in [-0.25, -0.2) is 0 Å². The number of fused-ring (bicyclic) bond motifs is 1. The minimum Gasteiger partial charge on any atom is -0.393 e. The van der Waals surface area contributed by atoms with Crippen molar-refractivity contribution in [2.45, 2.75) is 72.5 Å². The van der Waals surface area contributed by atoms with Crippen molar-refractivity contribution in [1.29, 1.82) is 0 Å². The third-order valence-electron chi connectivity index (χ3n) is 6.06. The fourth-order valence-electron chi connectivity index (χ4n) is 3.90. The molecule has 130 valence electrons. The fourth-order valence-corrected chi connectivity index (χ4v) is 3.90. The molecule has 0 heterocycles. The Morgan fingerprint density at radius 3 is 2.52 bits per heavy atom. The van der Waals surface area contributed by atoms with E-state index in [9.17, 15) is 15.0 Å². The number of Topliss-reactive ketones (excluding diaryl/α,β-unsaturated/α-hetero) is 1. The van der Waals surface area contributed by atoms with Gasteiger partial charge in [-0.05, 0) is 61.9 Å². The molecule has 5 atom stereocenters. The maximum absolute atomic E-state index is 12.3. The molecule has 23 heavy (non-hydrogen) atoms. The maximum atomic E-state index is 12.3. The average molecular weight is 320 g/mol. The molecule has 0 aromatic carbocycles. The summed E-state index contributed by atoms with van der Waals surface area (Å²) in [4.78, 5) is 12.3. The number of rotatable bonds is 0. The molecule has 0 spiro atoms. The van der Waals surface area contributed by atoms with E-state index in [0.29, 0.717) is 18.3 Å². The summed E-state index contributed by atoms with van der Waals surface area (Å²) in [6.07, 6.45) is 5.65. The Hall–Kier alpha value is -0.930. The van der Waals surface area contributed by atoms with Crippen molar-refractivity contribution in [3.05, 3.63) is 23.3 Å². The van der Waals surface area contributed by atoms with Crippen LogP contribution in [0.2, 0.25) is 0 Å². The van der Waals surface area contributed by atoms with E-state index in [2.05, 4.69) is 32.9 Å². The van der Waals surface area contributed by atoms with Gasteiger partial charge in [0.05, 0.1) is 6.10 Å². The lowest BCUT2D eigenvalue weighted by Crippen LogP contribution is -2.28. The first-order valence-corrected chi connectivity index (χ1v) is 8.87. The zero-order valence-electron chi connectivity index (χ0n) is 15.2. The lowest BCUT2D eigenvalue weighted by atomic mass is 9.91. The zero-order valence-corrected chi connectivity index (χ0v) is 15.2. The Balaban J connectivity index is 2.22. The Kier molecular flexibility index (Phi) is 5.52. The van der Waals surface area contributed by atoms with Crippen LogP contribution in [0.4, 0.5) is 0 Å². The summed E-state index contributed by atoms with van der Waals surface area (Å²) in [5.41, 5.74) is 2.33. The van der Waals surface area contributed by atoms with E-state index < -0.39 is 12.2 Å².